The lowest BCUT2D eigenvalue weighted by Crippen LogP contribution is -2.41. The maximum atomic E-state index is 11.7. The van der Waals surface area contributed by atoms with E-state index in [2.05, 4.69) is 5.32 Å². The molecule has 6 nitrogen and oxygen atoms in total. The van der Waals surface area contributed by atoms with Gasteiger partial charge < -0.3 is 16.2 Å². The highest BCUT2D eigenvalue weighted by Gasteiger charge is 2.23. The Labute approximate surface area is 106 Å². The van der Waals surface area contributed by atoms with Crippen molar-refractivity contribution in [3.63, 3.8) is 0 Å². The van der Waals surface area contributed by atoms with E-state index in [0.29, 0.717) is 12.3 Å². The number of carboxylic acid groups (broad SMARTS) is 1. The van der Waals surface area contributed by atoms with Gasteiger partial charge in [-0.15, -0.1) is 0 Å². The maximum absolute atomic E-state index is 11.7. The van der Waals surface area contributed by atoms with Gasteiger partial charge >= 0.3 is 5.97 Å². The van der Waals surface area contributed by atoms with Crippen LogP contribution in [0.5, 0.6) is 0 Å². The molecule has 0 aromatic heterocycles. The Hall–Kier alpha value is -1.59. The van der Waals surface area contributed by atoms with Crippen LogP contribution >= 0.6 is 0 Å². The van der Waals surface area contributed by atoms with Gasteiger partial charge in [0, 0.05) is 12.8 Å². The third-order valence-electron chi connectivity index (χ3n) is 3.26. The van der Waals surface area contributed by atoms with Crippen molar-refractivity contribution in [1.82, 2.24) is 5.32 Å². The van der Waals surface area contributed by atoms with E-state index in [4.69, 9.17) is 10.8 Å². The molecule has 1 atom stereocenters. The number of nitrogens with two attached hydrogens (primary N) is 1. The van der Waals surface area contributed by atoms with Gasteiger partial charge in [-0.25, -0.2) is 4.79 Å². The molecule has 0 bridgehead atoms. The number of rotatable bonds is 7. The van der Waals surface area contributed by atoms with Gasteiger partial charge in [-0.1, -0.05) is 12.8 Å². The second kappa shape index (κ2) is 6.98. The lowest BCUT2D eigenvalue weighted by atomic mass is 10.0. The number of aliphatic carboxylic acids is 1. The molecule has 0 unspecified atom stereocenters. The molecule has 4 N–H and O–H groups in total. The Morgan fingerprint density at radius 3 is 2.39 bits per heavy atom. The number of carbonyl (C=O) groups is 3. The first-order valence-electron chi connectivity index (χ1n) is 6.29. The summed E-state index contributed by atoms with van der Waals surface area (Å²) in [7, 11) is 0. The number of nitrogens with one attached hydrogen (secondary N) is 1. The summed E-state index contributed by atoms with van der Waals surface area (Å²) in [6.45, 7) is 0. The summed E-state index contributed by atoms with van der Waals surface area (Å²) in [5.41, 5.74) is 4.96. The van der Waals surface area contributed by atoms with Crippen LogP contribution in [-0.2, 0) is 14.4 Å². The first-order chi connectivity index (χ1) is 8.49. The fourth-order valence-corrected chi connectivity index (χ4v) is 2.27. The van der Waals surface area contributed by atoms with Crippen molar-refractivity contribution >= 4 is 17.8 Å². The van der Waals surface area contributed by atoms with Gasteiger partial charge in [-0.3, -0.25) is 9.59 Å². The molecule has 0 aromatic rings. The largest absolute Gasteiger partial charge is 0.480 e. The Balaban J connectivity index is 2.36. The van der Waals surface area contributed by atoms with E-state index in [1.54, 1.807) is 0 Å². The molecule has 1 saturated carbocycles. The quantitative estimate of drug-likeness (QED) is 0.612. The zero-order chi connectivity index (χ0) is 13.5. The van der Waals surface area contributed by atoms with Crippen molar-refractivity contribution < 1.29 is 19.5 Å². The lowest BCUT2D eigenvalue weighted by Gasteiger charge is -2.15. The molecule has 0 saturated heterocycles. The van der Waals surface area contributed by atoms with Gasteiger partial charge in [0.2, 0.25) is 11.8 Å². The molecular weight excluding hydrogens is 236 g/mol. The smallest absolute Gasteiger partial charge is 0.326 e. The summed E-state index contributed by atoms with van der Waals surface area (Å²) in [4.78, 5) is 33.2. The van der Waals surface area contributed by atoms with Gasteiger partial charge in [0.25, 0.3) is 0 Å². The molecule has 0 aliphatic heterocycles. The van der Waals surface area contributed by atoms with Crippen LogP contribution in [0.2, 0.25) is 0 Å². The molecule has 102 valence electrons. The molecule has 2 amide bonds. The van der Waals surface area contributed by atoms with Crippen LogP contribution in [0.25, 0.3) is 0 Å². The minimum atomic E-state index is -1.13. The molecule has 6 heteroatoms. The fourth-order valence-electron chi connectivity index (χ4n) is 2.27. The summed E-state index contributed by atoms with van der Waals surface area (Å²) >= 11 is 0. The maximum Gasteiger partial charge on any atom is 0.326 e. The highest BCUT2D eigenvalue weighted by molar-refractivity contribution is 5.84. The Kier molecular flexibility index (Phi) is 5.61. The SMILES string of the molecule is NC(=O)CC[C@H](NC(=O)CC1CCCC1)C(=O)O. The number of hydrogen-bond acceptors (Lipinski definition) is 3. The van der Waals surface area contributed by atoms with Crippen LogP contribution in [0.3, 0.4) is 0 Å². The molecule has 1 fully saturated rings. The minimum absolute atomic E-state index is 0.0410. The predicted molar refractivity (Wildman–Crippen MR) is 64.6 cm³/mol. The molecule has 0 heterocycles. The topological polar surface area (TPSA) is 109 Å². The van der Waals surface area contributed by atoms with E-state index in [0.717, 1.165) is 25.7 Å². The first kappa shape index (κ1) is 14.5. The van der Waals surface area contributed by atoms with Crippen molar-refractivity contribution in [2.45, 2.75) is 51.0 Å². The Bertz CT molecular complexity index is 324. The van der Waals surface area contributed by atoms with Crippen LogP contribution in [0, 0.1) is 5.92 Å². The molecule has 1 aliphatic carbocycles. The van der Waals surface area contributed by atoms with Crippen LogP contribution < -0.4 is 11.1 Å². The van der Waals surface area contributed by atoms with Crippen molar-refractivity contribution in [2.24, 2.45) is 11.7 Å². The number of primary amides is 1. The molecule has 0 aromatic carbocycles. The molecule has 1 aliphatic rings. The van der Waals surface area contributed by atoms with E-state index >= 15 is 0 Å². The molecule has 0 spiro atoms. The summed E-state index contributed by atoms with van der Waals surface area (Å²) in [6.07, 6.45) is 4.73. The van der Waals surface area contributed by atoms with Crippen molar-refractivity contribution in [3.05, 3.63) is 0 Å². The van der Waals surface area contributed by atoms with E-state index in [9.17, 15) is 14.4 Å². The summed E-state index contributed by atoms with van der Waals surface area (Å²) < 4.78 is 0. The predicted octanol–water partition coefficient (Wildman–Crippen LogP) is 0.402. The summed E-state index contributed by atoms with van der Waals surface area (Å²) in [5, 5.41) is 11.4. The van der Waals surface area contributed by atoms with Crippen LogP contribution in [0.4, 0.5) is 0 Å². The Morgan fingerprint density at radius 1 is 1.28 bits per heavy atom. The second-order valence-electron chi connectivity index (χ2n) is 4.82. The average Bonchev–Trinajstić information content (AvgIpc) is 2.76. The number of carboxylic acids is 1. The Morgan fingerprint density at radius 2 is 1.89 bits per heavy atom. The number of hydrogen-bond donors (Lipinski definition) is 3. The van der Waals surface area contributed by atoms with Crippen LogP contribution in [0.15, 0.2) is 0 Å². The highest BCUT2D eigenvalue weighted by atomic mass is 16.4. The van der Waals surface area contributed by atoms with Gasteiger partial charge in [-0.05, 0) is 25.2 Å². The first-order valence-corrected chi connectivity index (χ1v) is 6.29. The zero-order valence-electron chi connectivity index (χ0n) is 10.4. The number of amides is 2. The fraction of sp³-hybridized carbons (Fsp3) is 0.750. The van der Waals surface area contributed by atoms with Gasteiger partial charge in [-0.2, -0.15) is 0 Å². The van der Waals surface area contributed by atoms with E-state index in [1.165, 1.54) is 0 Å². The molecular formula is C12H20N2O4. The lowest BCUT2D eigenvalue weighted by molar-refractivity contribution is -0.142. The van der Waals surface area contributed by atoms with Crippen LogP contribution in [0.1, 0.15) is 44.9 Å². The molecule has 0 radical (unpaired) electrons. The van der Waals surface area contributed by atoms with E-state index in [1.807, 2.05) is 0 Å². The van der Waals surface area contributed by atoms with Crippen molar-refractivity contribution in [2.75, 3.05) is 0 Å². The van der Waals surface area contributed by atoms with E-state index < -0.39 is 17.9 Å². The number of carbonyl (C=O) groups excluding carboxylic acids is 2. The highest BCUT2D eigenvalue weighted by Crippen LogP contribution is 2.27. The van der Waals surface area contributed by atoms with Crippen molar-refractivity contribution in [1.29, 1.82) is 0 Å². The second-order valence-corrected chi connectivity index (χ2v) is 4.82. The monoisotopic (exact) mass is 256 g/mol. The average molecular weight is 256 g/mol. The minimum Gasteiger partial charge on any atom is -0.480 e. The molecule has 18 heavy (non-hydrogen) atoms. The third-order valence-corrected chi connectivity index (χ3v) is 3.26. The van der Waals surface area contributed by atoms with E-state index in [-0.39, 0.29) is 18.7 Å². The van der Waals surface area contributed by atoms with Gasteiger partial charge in [0.15, 0.2) is 0 Å². The third kappa shape index (κ3) is 5.16. The molecule has 1 rings (SSSR count). The standard InChI is InChI=1S/C12H20N2O4/c13-10(15)6-5-9(12(17)18)14-11(16)7-8-3-1-2-4-8/h8-9H,1-7H2,(H2,13,15)(H,14,16)(H,17,18)/t9-/m0/s1. The summed E-state index contributed by atoms with van der Waals surface area (Å²) in [5.74, 6) is -1.57. The zero-order valence-corrected chi connectivity index (χ0v) is 10.4. The summed E-state index contributed by atoms with van der Waals surface area (Å²) in [6, 6.07) is -1.02. The van der Waals surface area contributed by atoms with Gasteiger partial charge in [0.1, 0.15) is 6.04 Å². The normalized spacial score (nSPS) is 17.3. The van der Waals surface area contributed by atoms with Gasteiger partial charge in [0.05, 0.1) is 0 Å². The van der Waals surface area contributed by atoms with Crippen molar-refractivity contribution in [3.8, 4) is 0 Å². The van der Waals surface area contributed by atoms with Crippen LogP contribution in [-0.4, -0.2) is 28.9 Å².